The van der Waals surface area contributed by atoms with Crippen LogP contribution in [-0.2, 0) is 16.6 Å². The van der Waals surface area contributed by atoms with E-state index in [0.29, 0.717) is 5.56 Å². The van der Waals surface area contributed by atoms with Gasteiger partial charge in [-0.05, 0) is 24.6 Å². The van der Waals surface area contributed by atoms with Crippen LogP contribution in [0, 0.1) is 0 Å². The van der Waals surface area contributed by atoms with Gasteiger partial charge in [0.2, 0.25) is 10.0 Å². The molecule has 0 unspecified atom stereocenters. The number of sulfonamides is 1. The molecule has 20 heavy (non-hydrogen) atoms. The van der Waals surface area contributed by atoms with E-state index in [9.17, 15) is 13.2 Å². The van der Waals surface area contributed by atoms with Gasteiger partial charge in [-0.3, -0.25) is 4.79 Å². The van der Waals surface area contributed by atoms with Gasteiger partial charge in [-0.1, -0.05) is 42.5 Å². The Hall–Kier alpha value is -1.98. The summed E-state index contributed by atoms with van der Waals surface area (Å²) in [6, 6.07) is 15.3. The van der Waals surface area contributed by atoms with Crippen LogP contribution in [-0.4, -0.2) is 14.2 Å². The molecule has 0 atom stereocenters. The minimum atomic E-state index is -3.62. The summed E-state index contributed by atoms with van der Waals surface area (Å²) in [6.07, 6.45) is 0. The van der Waals surface area contributed by atoms with Crippen molar-refractivity contribution in [2.24, 2.45) is 0 Å². The maximum Gasteiger partial charge on any atom is 0.240 e. The first-order chi connectivity index (χ1) is 9.49. The summed E-state index contributed by atoms with van der Waals surface area (Å²) in [5, 5.41) is 0. The van der Waals surface area contributed by atoms with Crippen LogP contribution in [0.3, 0.4) is 0 Å². The minimum absolute atomic E-state index is 0.0983. The summed E-state index contributed by atoms with van der Waals surface area (Å²) in [5.41, 5.74) is 1.26. The Labute approximate surface area is 118 Å². The molecule has 0 saturated carbocycles. The Bertz CT molecular complexity index is 709. The lowest BCUT2D eigenvalue weighted by molar-refractivity contribution is 0.101. The molecule has 0 aliphatic rings. The molecule has 0 aliphatic heterocycles. The minimum Gasteiger partial charge on any atom is -0.295 e. The fourth-order valence-electron chi connectivity index (χ4n) is 1.74. The van der Waals surface area contributed by atoms with Gasteiger partial charge in [0.1, 0.15) is 0 Å². The van der Waals surface area contributed by atoms with E-state index in [1.807, 2.05) is 30.3 Å². The van der Waals surface area contributed by atoms with E-state index in [1.165, 1.54) is 19.1 Å². The van der Waals surface area contributed by atoms with Crippen molar-refractivity contribution in [1.82, 2.24) is 4.72 Å². The second kappa shape index (κ2) is 5.98. The number of carbonyl (C=O) groups is 1. The monoisotopic (exact) mass is 289 g/mol. The topological polar surface area (TPSA) is 63.2 Å². The second-order valence-electron chi connectivity index (χ2n) is 4.39. The van der Waals surface area contributed by atoms with E-state index in [2.05, 4.69) is 4.72 Å². The number of Topliss-reactive ketones (excluding diaryl/α,β-unsaturated/α-hetero) is 1. The highest BCUT2D eigenvalue weighted by Gasteiger charge is 2.14. The molecule has 0 fully saturated rings. The average Bonchev–Trinajstić information content (AvgIpc) is 2.46. The number of ketones is 1. The van der Waals surface area contributed by atoms with Crippen molar-refractivity contribution in [2.45, 2.75) is 18.4 Å². The molecule has 2 aromatic rings. The summed E-state index contributed by atoms with van der Waals surface area (Å²) in [6.45, 7) is 1.62. The lowest BCUT2D eigenvalue weighted by Crippen LogP contribution is -2.23. The van der Waals surface area contributed by atoms with Crippen LogP contribution in [0.25, 0.3) is 0 Å². The molecular formula is C15H15NO3S. The van der Waals surface area contributed by atoms with Gasteiger partial charge in [-0.25, -0.2) is 13.1 Å². The molecule has 0 radical (unpaired) electrons. The molecule has 0 aliphatic carbocycles. The van der Waals surface area contributed by atoms with Crippen molar-refractivity contribution < 1.29 is 13.2 Å². The molecule has 0 spiro atoms. The van der Waals surface area contributed by atoms with Gasteiger partial charge in [0.05, 0.1) is 4.90 Å². The van der Waals surface area contributed by atoms with Crippen LogP contribution in [0.4, 0.5) is 0 Å². The third-order valence-corrected chi connectivity index (χ3v) is 4.26. The smallest absolute Gasteiger partial charge is 0.240 e. The van der Waals surface area contributed by atoms with Crippen molar-refractivity contribution in [2.75, 3.05) is 0 Å². The Kier molecular flexibility index (Phi) is 4.32. The van der Waals surface area contributed by atoms with Gasteiger partial charge in [0, 0.05) is 12.1 Å². The third kappa shape index (κ3) is 3.53. The van der Waals surface area contributed by atoms with Crippen LogP contribution in [0.5, 0.6) is 0 Å². The standard InChI is InChI=1S/C15H15NO3S/c1-12(17)14-8-5-9-15(10-14)20(18,19)16-11-13-6-3-2-4-7-13/h2-10,16H,11H2,1H3. The number of hydrogen-bond donors (Lipinski definition) is 1. The number of nitrogens with one attached hydrogen (secondary N) is 1. The molecule has 0 aromatic heterocycles. The largest absolute Gasteiger partial charge is 0.295 e. The summed E-state index contributed by atoms with van der Waals surface area (Å²) in [5.74, 6) is -0.162. The van der Waals surface area contributed by atoms with Gasteiger partial charge < -0.3 is 0 Å². The predicted molar refractivity (Wildman–Crippen MR) is 76.9 cm³/mol. The normalized spacial score (nSPS) is 11.2. The molecule has 1 N–H and O–H groups in total. The van der Waals surface area contributed by atoms with Crippen molar-refractivity contribution >= 4 is 15.8 Å². The van der Waals surface area contributed by atoms with E-state index >= 15 is 0 Å². The zero-order valence-corrected chi connectivity index (χ0v) is 11.9. The van der Waals surface area contributed by atoms with Crippen LogP contribution in [0.2, 0.25) is 0 Å². The molecular weight excluding hydrogens is 274 g/mol. The van der Waals surface area contributed by atoms with Gasteiger partial charge in [-0.2, -0.15) is 0 Å². The van der Waals surface area contributed by atoms with Crippen molar-refractivity contribution in [1.29, 1.82) is 0 Å². The lowest BCUT2D eigenvalue weighted by atomic mass is 10.2. The molecule has 4 nitrogen and oxygen atoms in total. The van der Waals surface area contributed by atoms with Gasteiger partial charge in [0.25, 0.3) is 0 Å². The fourth-order valence-corrected chi connectivity index (χ4v) is 2.80. The maximum atomic E-state index is 12.2. The maximum absolute atomic E-state index is 12.2. The summed E-state index contributed by atoms with van der Waals surface area (Å²) < 4.78 is 26.8. The predicted octanol–water partition coefficient (Wildman–Crippen LogP) is 2.37. The Morgan fingerprint density at radius 2 is 1.75 bits per heavy atom. The zero-order valence-electron chi connectivity index (χ0n) is 11.0. The first-order valence-electron chi connectivity index (χ1n) is 6.13. The Morgan fingerprint density at radius 3 is 2.40 bits per heavy atom. The Balaban J connectivity index is 2.18. The average molecular weight is 289 g/mol. The van der Waals surface area contributed by atoms with Crippen molar-refractivity contribution in [3.8, 4) is 0 Å². The number of hydrogen-bond acceptors (Lipinski definition) is 3. The molecule has 0 bridgehead atoms. The van der Waals surface area contributed by atoms with Crippen LogP contribution < -0.4 is 4.72 Å². The van der Waals surface area contributed by atoms with E-state index in [0.717, 1.165) is 5.56 Å². The molecule has 2 rings (SSSR count). The van der Waals surface area contributed by atoms with E-state index in [-0.39, 0.29) is 17.2 Å². The quantitative estimate of drug-likeness (QED) is 0.859. The summed E-state index contributed by atoms with van der Waals surface area (Å²) >= 11 is 0. The number of benzene rings is 2. The first-order valence-corrected chi connectivity index (χ1v) is 7.62. The van der Waals surface area contributed by atoms with Gasteiger partial charge in [-0.15, -0.1) is 0 Å². The highest BCUT2D eigenvalue weighted by molar-refractivity contribution is 7.89. The van der Waals surface area contributed by atoms with Gasteiger partial charge >= 0.3 is 0 Å². The van der Waals surface area contributed by atoms with Crippen molar-refractivity contribution in [3.63, 3.8) is 0 Å². The molecule has 5 heteroatoms. The lowest BCUT2D eigenvalue weighted by Gasteiger charge is -2.07. The Morgan fingerprint density at radius 1 is 1.05 bits per heavy atom. The number of carbonyl (C=O) groups excluding carboxylic acids is 1. The molecule has 0 heterocycles. The molecule has 0 saturated heterocycles. The van der Waals surface area contributed by atoms with E-state index in [1.54, 1.807) is 12.1 Å². The van der Waals surface area contributed by atoms with Crippen LogP contribution in [0.1, 0.15) is 22.8 Å². The van der Waals surface area contributed by atoms with Gasteiger partial charge in [0.15, 0.2) is 5.78 Å². The molecule has 104 valence electrons. The van der Waals surface area contributed by atoms with E-state index in [4.69, 9.17) is 0 Å². The highest BCUT2D eigenvalue weighted by Crippen LogP contribution is 2.12. The first kappa shape index (κ1) is 14.4. The molecule has 0 amide bonds. The van der Waals surface area contributed by atoms with Crippen molar-refractivity contribution in [3.05, 3.63) is 65.7 Å². The van der Waals surface area contributed by atoms with Crippen LogP contribution in [0.15, 0.2) is 59.5 Å². The summed E-state index contributed by atoms with van der Waals surface area (Å²) in [4.78, 5) is 11.4. The summed E-state index contributed by atoms with van der Waals surface area (Å²) in [7, 11) is -3.62. The fraction of sp³-hybridized carbons (Fsp3) is 0.133. The van der Waals surface area contributed by atoms with Crippen LogP contribution >= 0.6 is 0 Å². The number of rotatable bonds is 5. The SMILES string of the molecule is CC(=O)c1cccc(S(=O)(=O)NCc2ccccc2)c1. The second-order valence-corrected chi connectivity index (χ2v) is 6.16. The third-order valence-electron chi connectivity index (χ3n) is 2.86. The molecule has 2 aromatic carbocycles. The highest BCUT2D eigenvalue weighted by atomic mass is 32.2. The zero-order chi connectivity index (χ0) is 14.6. The van der Waals surface area contributed by atoms with E-state index < -0.39 is 10.0 Å².